The molecule has 9 heteroatoms. The first-order chi connectivity index (χ1) is 14.7. The largest absolute Gasteiger partial charge is 0.507 e. The zero-order chi connectivity index (χ0) is 22.3. The number of alkyl halides is 3. The van der Waals surface area contributed by atoms with Gasteiger partial charge in [0, 0.05) is 25.6 Å². The highest BCUT2D eigenvalue weighted by Crippen LogP contribution is 2.39. The van der Waals surface area contributed by atoms with Gasteiger partial charge >= 0.3 is 6.18 Å². The van der Waals surface area contributed by atoms with Gasteiger partial charge in [0.15, 0.2) is 5.82 Å². The molecule has 166 valence electrons. The summed E-state index contributed by atoms with van der Waals surface area (Å²) in [5.41, 5.74) is -0.0710. The Labute approximate surface area is 178 Å². The lowest BCUT2D eigenvalue weighted by molar-refractivity contribution is -0.137. The summed E-state index contributed by atoms with van der Waals surface area (Å²) in [4.78, 5) is 16.2. The number of hydrogen-bond acceptors (Lipinski definition) is 5. The lowest BCUT2D eigenvalue weighted by Gasteiger charge is -2.49. The molecule has 4 rings (SSSR count). The molecule has 2 aliphatic heterocycles. The number of nitrogens with zero attached hydrogens (tertiary/aromatic N) is 4. The normalized spacial score (nSPS) is 21.7. The second-order valence-electron chi connectivity index (χ2n) is 8.29. The maximum Gasteiger partial charge on any atom is 0.416 e. The van der Waals surface area contributed by atoms with Crippen molar-refractivity contribution in [2.45, 2.75) is 57.8 Å². The molecule has 2 aromatic rings. The third kappa shape index (κ3) is 4.05. The van der Waals surface area contributed by atoms with Crippen molar-refractivity contribution in [1.29, 1.82) is 0 Å². The first-order valence-corrected chi connectivity index (χ1v) is 10.5. The van der Waals surface area contributed by atoms with Crippen LogP contribution in [-0.2, 0) is 11.0 Å². The predicted molar refractivity (Wildman–Crippen MR) is 110 cm³/mol. The van der Waals surface area contributed by atoms with Crippen LogP contribution in [0, 0.1) is 6.92 Å². The Kier molecular flexibility index (Phi) is 5.53. The zero-order valence-electron chi connectivity index (χ0n) is 17.5. The van der Waals surface area contributed by atoms with Gasteiger partial charge in [0.25, 0.3) is 0 Å². The van der Waals surface area contributed by atoms with Crippen LogP contribution < -0.4 is 4.90 Å². The van der Waals surface area contributed by atoms with E-state index in [9.17, 15) is 23.1 Å². The molecule has 31 heavy (non-hydrogen) atoms. The standard InChI is InChI=1S/C22H25F3N4O2/c1-13-11-15(22(23,24)25)12-19(31)21(13)16-7-8-20(27-26-16)29-10-4-5-17-18(29)6-3-9-28(17)14(2)30/h7-8,11-12,17-18,31H,3-6,9-10H2,1-2H3/t17-,18-/m0/s1. The highest BCUT2D eigenvalue weighted by molar-refractivity contribution is 5.74. The number of piperidine rings is 2. The SMILES string of the molecule is CC(=O)N1CCC[C@H]2[C@@H]1CCCN2c1ccc(-c2c(C)cc(C(F)(F)F)cc2O)nn1. The Bertz CT molecular complexity index is 955. The summed E-state index contributed by atoms with van der Waals surface area (Å²) in [7, 11) is 0. The number of hydrogen-bond donors (Lipinski definition) is 1. The number of amides is 1. The van der Waals surface area contributed by atoms with Crippen LogP contribution in [0.1, 0.15) is 43.7 Å². The van der Waals surface area contributed by atoms with E-state index in [4.69, 9.17) is 0 Å². The van der Waals surface area contributed by atoms with E-state index < -0.39 is 17.5 Å². The van der Waals surface area contributed by atoms with Gasteiger partial charge in [0.1, 0.15) is 5.75 Å². The van der Waals surface area contributed by atoms with Crippen LogP contribution in [0.5, 0.6) is 5.75 Å². The third-order valence-corrected chi connectivity index (χ3v) is 6.29. The van der Waals surface area contributed by atoms with Crippen LogP contribution in [0.3, 0.4) is 0 Å². The van der Waals surface area contributed by atoms with Gasteiger partial charge in [-0.05, 0) is 62.4 Å². The molecule has 0 spiro atoms. The average molecular weight is 434 g/mol. The Balaban J connectivity index is 1.61. The summed E-state index contributed by atoms with van der Waals surface area (Å²) in [5, 5.41) is 18.8. The van der Waals surface area contributed by atoms with Gasteiger partial charge in [-0.1, -0.05) is 0 Å². The minimum absolute atomic E-state index is 0.0891. The summed E-state index contributed by atoms with van der Waals surface area (Å²) in [6, 6.07) is 5.50. The van der Waals surface area contributed by atoms with Gasteiger partial charge < -0.3 is 14.9 Å². The van der Waals surface area contributed by atoms with Crippen molar-refractivity contribution < 1.29 is 23.1 Å². The summed E-state index contributed by atoms with van der Waals surface area (Å²) in [5.74, 6) is 0.288. The van der Waals surface area contributed by atoms with E-state index in [2.05, 4.69) is 15.1 Å². The van der Waals surface area contributed by atoms with E-state index >= 15 is 0 Å². The van der Waals surface area contributed by atoms with Crippen LogP contribution in [0.15, 0.2) is 24.3 Å². The van der Waals surface area contributed by atoms with Crippen molar-refractivity contribution in [3.63, 3.8) is 0 Å². The first-order valence-electron chi connectivity index (χ1n) is 10.5. The molecular weight excluding hydrogens is 409 g/mol. The van der Waals surface area contributed by atoms with E-state index in [-0.39, 0.29) is 29.1 Å². The van der Waals surface area contributed by atoms with Crippen molar-refractivity contribution in [2.24, 2.45) is 0 Å². The number of phenols is 1. The van der Waals surface area contributed by atoms with E-state index in [1.807, 2.05) is 4.90 Å². The maximum absolute atomic E-state index is 13.0. The number of halogens is 3. The topological polar surface area (TPSA) is 69.6 Å². The molecule has 0 bridgehead atoms. The van der Waals surface area contributed by atoms with Crippen LogP contribution in [0.2, 0.25) is 0 Å². The molecule has 1 aromatic heterocycles. The van der Waals surface area contributed by atoms with E-state index in [0.29, 0.717) is 17.6 Å². The fourth-order valence-corrected chi connectivity index (χ4v) is 4.94. The number of benzene rings is 1. The fourth-order valence-electron chi connectivity index (χ4n) is 4.94. The minimum atomic E-state index is -4.53. The van der Waals surface area contributed by atoms with Crippen LogP contribution >= 0.6 is 0 Å². The molecule has 0 unspecified atom stereocenters. The third-order valence-electron chi connectivity index (χ3n) is 6.29. The molecule has 0 saturated carbocycles. The minimum Gasteiger partial charge on any atom is -0.507 e. The van der Waals surface area contributed by atoms with Gasteiger partial charge in [-0.3, -0.25) is 4.79 Å². The van der Waals surface area contributed by atoms with Gasteiger partial charge in [0.05, 0.1) is 23.3 Å². The number of likely N-dealkylation sites (tertiary alicyclic amines) is 1. The molecule has 2 fully saturated rings. The number of carbonyl (C=O) groups is 1. The second kappa shape index (κ2) is 8.01. The molecule has 1 amide bonds. The summed E-state index contributed by atoms with van der Waals surface area (Å²) in [6.07, 6.45) is -0.731. The highest BCUT2D eigenvalue weighted by atomic mass is 19.4. The Morgan fingerprint density at radius 2 is 1.81 bits per heavy atom. The van der Waals surface area contributed by atoms with Crippen molar-refractivity contribution in [3.05, 3.63) is 35.4 Å². The van der Waals surface area contributed by atoms with Crippen LogP contribution in [0.4, 0.5) is 19.0 Å². The molecule has 2 atom stereocenters. The zero-order valence-corrected chi connectivity index (χ0v) is 17.5. The molecule has 1 N–H and O–H groups in total. The Hall–Kier alpha value is -2.84. The first kappa shape index (κ1) is 21.4. The molecule has 2 aliphatic rings. The van der Waals surface area contributed by atoms with Gasteiger partial charge in [0.2, 0.25) is 5.91 Å². The van der Waals surface area contributed by atoms with Gasteiger partial charge in [-0.2, -0.15) is 13.2 Å². The molecule has 0 radical (unpaired) electrons. The number of fused-ring (bicyclic) bond motifs is 1. The fraction of sp³-hybridized carbons (Fsp3) is 0.500. The number of rotatable bonds is 2. The van der Waals surface area contributed by atoms with Crippen molar-refractivity contribution >= 4 is 11.7 Å². The molecule has 0 aliphatic carbocycles. The smallest absolute Gasteiger partial charge is 0.416 e. The lowest BCUT2D eigenvalue weighted by Crippen LogP contribution is -2.59. The van der Waals surface area contributed by atoms with E-state index in [1.165, 1.54) is 6.92 Å². The van der Waals surface area contributed by atoms with Crippen LogP contribution in [-0.4, -0.2) is 51.3 Å². The number of aromatic nitrogens is 2. The highest BCUT2D eigenvalue weighted by Gasteiger charge is 2.39. The molecule has 3 heterocycles. The second-order valence-corrected chi connectivity index (χ2v) is 8.29. The summed E-state index contributed by atoms with van der Waals surface area (Å²) in [6.45, 7) is 4.70. The maximum atomic E-state index is 13.0. The quantitative estimate of drug-likeness (QED) is 0.769. The summed E-state index contributed by atoms with van der Waals surface area (Å²) >= 11 is 0. The van der Waals surface area contributed by atoms with Crippen molar-refractivity contribution in [3.8, 4) is 17.0 Å². The molecule has 6 nitrogen and oxygen atoms in total. The van der Waals surface area contributed by atoms with E-state index in [0.717, 1.165) is 44.8 Å². The number of aryl methyl sites for hydroxylation is 1. The average Bonchev–Trinajstić information content (AvgIpc) is 2.72. The number of carbonyl (C=O) groups excluding carboxylic acids is 1. The van der Waals surface area contributed by atoms with Gasteiger partial charge in [-0.15, -0.1) is 10.2 Å². The number of anilines is 1. The van der Waals surface area contributed by atoms with Crippen molar-refractivity contribution in [1.82, 2.24) is 15.1 Å². The summed E-state index contributed by atoms with van der Waals surface area (Å²) < 4.78 is 39.0. The predicted octanol–water partition coefficient (Wildman–Crippen LogP) is 4.16. The molecular formula is C22H25F3N4O2. The van der Waals surface area contributed by atoms with Gasteiger partial charge in [-0.25, -0.2) is 0 Å². The van der Waals surface area contributed by atoms with Crippen molar-refractivity contribution in [2.75, 3.05) is 18.0 Å². The Morgan fingerprint density at radius 3 is 2.42 bits per heavy atom. The molecule has 1 aromatic carbocycles. The molecule has 2 saturated heterocycles. The Morgan fingerprint density at radius 1 is 1.10 bits per heavy atom. The van der Waals surface area contributed by atoms with E-state index in [1.54, 1.807) is 19.1 Å². The monoisotopic (exact) mass is 434 g/mol. The van der Waals surface area contributed by atoms with Crippen LogP contribution in [0.25, 0.3) is 11.3 Å². The number of aromatic hydroxyl groups is 1. The number of phenolic OH excluding ortho intramolecular Hbond substituents is 1. The lowest BCUT2D eigenvalue weighted by atomic mass is 9.87.